The van der Waals surface area contributed by atoms with Crippen LogP contribution in [0.4, 0.5) is 0 Å². The summed E-state index contributed by atoms with van der Waals surface area (Å²) < 4.78 is 34.9. The molecular formula is C30H32O13. The predicted molar refractivity (Wildman–Crippen MR) is 152 cm³/mol. The Morgan fingerprint density at radius 2 is 1.23 bits per heavy atom. The zero-order valence-electron chi connectivity index (χ0n) is 24.2. The summed E-state index contributed by atoms with van der Waals surface area (Å²) in [4.78, 5) is 47.8. The first-order valence-corrected chi connectivity index (χ1v) is 12.4. The molecule has 0 radical (unpaired) electrons. The summed E-state index contributed by atoms with van der Waals surface area (Å²) in [5.41, 5.74) is 0.299. The van der Waals surface area contributed by atoms with Crippen LogP contribution in [0, 0.1) is 0 Å². The lowest BCUT2D eigenvalue weighted by molar-refractivity contribution is -0.143. The topological polar surface area (TPSA) is 173 Å². The smallest absolute Gasteiger partial charge is 0.343 e. The number of allylic oxidation sites excluding steroid dienone is 2. The summed E-state index contributed by atoms with van der Waals surface area (Å²) >= 11 is 0. The van der Waals surface area contributed by atoms with Crippen LogP contribution in [0.1, 0.15) is 17.5 Å². The van der Waals surface area contributed by atoms with E-state index >= 15 is 0 Å². The van der Waals surface area contributed by atoms with Crippen molar-refractivity contribution in [3.8, 4) is 23.0 Å². The van der Waals surface area contributed by atoms with Crippen LogP contribution in [0.15, 0.2) is 59.9 Å². The van der Waals surface area contributed by atoms with Crippen LogP contribution >= 0.6 is 0 Å². The minimum atomic E-state index is -0.876. The number of hydrogen-bond acceptors (Lipinski definition) is 13. The second kappa shape index (κ2) is 16.7. The maximum atomic E-state index is 13.1. The molecule has 0 spiro atoms. The Balaban J connectivity index is 2.35. The fraction of sp³-hybridized carbons (Fsp3) is 0.267. The van der Waals surface area contributed by atoms with Gasteiger partial charge in [0.2, 0.25) is 0 Å². The number of hydrogen-bond donors (Lipinski definition) is 2. The largest absolute Gasteiger partial charge is 0.508 e. The number of carbonyl (C=O) groups excluding carboxylic acids is 4. The standard InChI is InChI=1S/C30H32O13/c1-37-26-12-18(7-10-24(26)42-16-29(35)40-4)6-9-21(31)20(14-28(34)39-3)23(33)15-22(32)19-8-11-25(27(13-19)38-2)43-17-30(36)41-5/h6-13,15,31-32H,14,16-17H2,1-5H3/b9-6+,21-20-,22-15-. The first kappa shape index (κ1) is 33.7. The highest BCUT2D eigenvalue weighted by Crippen LogP contribution is 2.31. The number of esters is 3. The highest BCUT2D eigenvalue weighted by atomic mass is 16.6. The van der Waals surface area contributed by atoms with Gasteiger partial charge in [-0.15, -0.1) is 0 Å². The molecule has 2 aromatic rings. The molecule has 0 unspecified atom stereocenters. The van der Waals surface area contributed by atoms with E-state index in [-0.39, 0.29) is 47.3 Å². The number of methoxy groups -OCH3 is 5. The van der Waals surface area contributed by atoms with Gasteiger partial charge in [-0.25, -0.2) is 9.59 Å². The van der Waals surface area contributed by atoms with Crippen molar-refractivity contribution in [1.82, 2.24) is 0 Å². The Labute approximate surface area is 247 Å². The Bertz CT molecular complexity index is 1420. The summed E-state index contributed by atoms with van der Waals surface area (Å²) in [5, 5.41) is 21.4. The molecule has 0 aliphatic heterocycles. The third-order valence-corrected chi connectivity index (χ3v) is 5.65. The van der Waals surface area contributed by atoms with E-state index in [9.17, 15) is 29.4 Å². The Morgan fingerprint density at radius 1 is 0.698 bits per heavy atom. The van der Waals surface area contributed by atoms with Crippen molar-refractivity contribution in [1.29, 1.82) is 0 Å². The van der Waals surface area contributed by atoms with Crippen LogP contribution in [0.2, 0.25) is 0 Å². The maximum Gasteiger partial charge on any atom is 0.343 e. The second-order valence-corrected chi connectivity index (χ2v) is 8.35. The fourth-order valence-electron chi connectivity index (χ4n) is 3.34. The lowest BCUT2D eigenvalue weighted by Gasteiger charge is -2.11. The first-order chi connectivity index (χ1) is 20.6. The van der Waals surface area contributed by atoms with Crippen LogP contribution in [0.3, 0.4) is 0 Å². The normalized spacial score (nSPS) is 11.7. The molecule has 0 atom stereocenters. The molecule has 13 heteroatoms. The van der Waals surface area contributed by atoms with E-state index in [2.05, 4.69) is 14.2 Å². The SMILES string of the molecule is COC(=O)COc1ccc(/C=C/C(O)=C(\CC(=O)OC)C(=O)/C=C(\O)c2ccc(OCC(=O)OC)c(OC)c2)cc1OC. The van der Waals surface area contributed by atoms with Crippen molar-refractivity contribution >= 4 is 35.5 Å². The zero-order valence-corrected chi connectivity index (χ0v) is 24.2. The molecule has 230 valence electrons. The summed E-state index contributed by atoms with van der Waals surface area (Å²) in [6.07, 6.45) is 2.85. The molecule has 0 aromatic heterocycles. The molecule has 0 aliphatic rings. The number of benzene rings is 2. The van der Waals surface area contributed by atoms with Gasteiger partial charge < -0.3 is 43.4 Å². The van der Waals surface area contributed by atoms with E-state index in [1.54, 1.807) is 12.1 Å². The fourth-order valence-corrected chi connectivity index (χ4v) is 3.34. The molecule has 2 rings (SSSR count). The van der Waals surface area contributed by atoms with Crippen LogP contribution in [0.25, 0.3) is 11.8 Å². The zero-order chi connectivity index (χ0) is 31.9. The molecule has 0 aliphatic carbocycles. The van der Waals surface area contributed by atoms with Crippen LogP contribution in [0.5, 0.6) is 23.0 Å². The van der Waals surface area contributed by atoms with Crippen LogP contribution in [-0.4, -0.2) is 82.7 Å². The Hall–Kier alpha value is -5.46. The quantitative estimate of drug-likeness (QED) is 0.100. The molecule has 2 aromatic carbocycles. The lowest BCUT2D eigenvalue weighted by Crippen LogP contribution is -2.13. The number of rotatable bonds is 15. The van der Waals surface area contributed by atoms with Gasteiger partial charge in [-0.05, 0) is 42.0 Å². The minimum absolute atomic E-state index is 0.143. The molecule has 0 saturated heterocycles. The van der Waals surface area contributed by atoms with Crippen molar-refractivity contribution < 1.29 is 62.5 Å². The van der Waals surface area contributed by atoms with Gasteiger partial charge in [-0.2, -0.15) is 0 Å². The van der Waals surface area contributed by atoms with Gasteiger partial charge in [0.25, 0.3) is 0 Å². The van der Waals surface area contributed by atoms with Gasteiger partial charge in [0.15, 0.2) is 42.0 Å². The molecule has 0 fully saturated rings. The molecular weight excluding hydrogens is 568 g/mol. The average molecular weight is 601 g/mol. The minimum Gasteiger partial charge on any atom is -0.508 e. The highest BCUT2D eigenvalue weighted by molar-refractivity contribution is 6.10. The summed E-state index contributed by atoms with van der Waals surface area (Å²) in [6.45, 7) is -0.702. The number of ether oxygens (including phenoxy) is 7. The first-order valence-electron chi connectivity index (χ1n) is 12.4. The number of aliphatic hydroxyl groups is 2. The van der Waals surface area contributed by atoms with Crippen molar-refractivity contribution in [2.24, 2.45) is 0 Å². The van der Waals surface area contributed by atoms with Crippen LogP contribution in [-0.2, 0) is 33.4 Å². The number of ketones is 1. The van der Waals surface area contributed by atoms with E-state index in [4.69, 9.17) is 18.9 Å². The number of carbonyl (C=O) groups is 4. The van der Waals surface area contributed by atoms with Gasteiger partial charge in [0.1, 0.15) is 11.5 Å². The third-order valence-electron chi connectivity index (χ3n) is 5.65. The molecule has 13 nitrogen and oxygen atoms in total. The number of aliphatic hydroxyl groups excluding tert-OH is 2. The molecule has 2 N–H and O–H groups in total. The van der Waals surface area contributed by atoms with Crippen molar-refractivity contribution in [2.45, 2.75) is 6.42 Å². The van der Waals surface area contributed by atoms with E-state index in [0.717, 1.165) is 13.2 Å². The van der Waals surface area contributed by atoms with Gasteiger partial charge in [-0.3, -0.25) is 9.59 Å². The average Bonchev–Trinajstić information content (AvgIpc) is 3.03. The van der Waals surface area contributed by atoms with E-state index in [1.807, 2.05) is 0 Å². The molecule has 43 heavy (non-hydrogen) atoms. The monoisotopic (exact) mass is 600 g/mol. The van der Waals surface area contributed by atoms with Crippen molar-refractivity contribution in [3.63, 3.8) is 0 Å². The van der Waals surface area contributed by atoms with Gasteiger partial charge in [0.05, 0.1) is 47.5 Å². The van der Waals surface area contributed by atoms with Crippen LogP contribution < -0.4 is 18.9 Å². The van der Waals surface area contributed by atoms with Crippen molar-refractivity contribution in [2.75, 3.05) is 48.8 Å². The predicted octanol–water partition coefficient (Wildman–Crippen LogP) is 3.36. The maximum absolute atomic E-state index is 13.1. The Morgan fingerprint density at radius 3 is 1.77 bits per heavy atom. The summed E-state index contributed by atoms with van der Waals surface area (Å²) in [6, 6.07) is 8.86. The molecule has 0 saturated carbocycles. The van der Waals surface area contributed by atoms with E-state index < -0.39 is 41.6 Å². The van der Waals surface area contributed by atoms with Gasteiger partial charge >= 0.3 is 17.9 Å². The summed E-state index contributed by atoms with van der Waals surface area (Å²) in [7, 11) is 6.30. The van der Waals surface area contributed by atoms with Gasteiger partial charge in [0, 0.05) is 11.6 Å². The highest BCUT2D eigenvalue weighted by Gasteiger charge is 2.19. The second-order valence-electron chi connectivity index (χ2n) is 8.35. The van der Waals surface area contributed by atoms with Crippen molar-refractivity contribution in [3.05, 3.63) is 71.0 Å². The van der Waals surface area contributed by atoms with E-state index in [1.165, 1.54) is 64.9 Å². The van der Waals surface area contributed by atoms with Gasteiger partial charge in [-0.1, -0.05) is 12.1 Å². The summed E-state index contributed by atoms with van der Waals surface area (Å²) in [5.74, 6) is -3.05. The third kappa shape index (κ3) is 10.1. The Kier molecular flexibility index (Phi) is 13.1. The van der Waals surface area contributed by atoms with E-state index in [0.29, 0.717) is 5.56 Å². The molecule has 0 bridgehead atoms. The molecule has 0 heterocycles. The lowest BCUT2D eigenvalue weighted by atomic mass is 10.0. The molecule has 0 amide bonds.